The lowest BCUT2D eigenvalue weighted by Gasteiger charge is -2.18. The van der Waals surface area contributed by atoms with Gasteiger partial charge in [0.15, 0.2) is 0 Å². The molecule has 166 valence electrons. The van der Waals surface area contributed by atoms with E-state index in [0.717, 1.165) is 16.3 Å². The molecule has 32 heavy (non-hydrogen) atoms. The van der Waals surface area contributed by atoms with Gasteiger partial charge in [-0.1, -0.05) is 12.1 Å². The monoisotopic (exact) mass is 435 g/mol. The van der Waals surface area contributed by atoms with E-state index in [4.69, 9.17) is 4.74 Å². The highest BCUT2D eigenvalue weighted by Crippen LogP contribution is 2.27. The lowest BCUT2D eigenvalue weighted by atomic mass is 10.1. The van der Waals surface area contributed by atoms with Gasteiger partial charge in [0.1, 0.15) is 5.75 Å². The van der Waals surface area contributed by atoms with Crippen molar-refractivity contribution >= 4 is 29.3 Å². The third-order valence-corrected chi connectivity index (χ3v) is 5.69. The van der Waals surface area contributed by atoms with Crippen LogP contribution in [0.3, 0.4) is 0 Å². The first-order valence-electron chi connectivity index (χ1n) is 10.7. The number of anilines is 1. The van der Waals surface area contributed by atoms with Gasteiger partial charge >= 0.3 is 0 Å². The van der Waals surface area contributed by atoms with E-state index < -0.39 is 0 Å². The molecule has 8 nitrogen and oxygen atoms in total. The van der Waals surface area contributed by atoms with E-state index in [0.29, 0.717) is 37.2 Å². The molecule has 2 heterocycles. The fraction of sp³-hybridized carbons (Fsp3) is 0.333. The molecule has 0 radical (unpaired) electrons. The molecule has 2 aliphatic rings. The van der Waals surface area contributed by atoms with Crippen molar-refractivity contribution in [3.05, 3.63) is 59.7 Å². The number of hydrogen-bond donors (Lipinski definition) is 1. The molecule has 1 unspecified atom stereocenters. The van der Waals surface area contributed by atoms with E-state index in [1.54, 1.807) is 29.2 Å². The van der Waals surface area contributed by atoms with Crippen LogP contribution in [0.1, 0.15) is 40.5 Å². The Balaban J connectivity index is 1.25. The lowest BCUT2D eigenvalue weighted by molar-refractivity contribution is -0.121. The molecule has 4 rings (SSSR count). The largest absolute Gasteiger partial charge is 0.494 e. The molecule has 1 atom stereocenters. The Labute approximate surface area is 186 Å². The van der Waals surface area contributed by atoms with Crippen molar-refractivity contribution in [2.75, 3.05) is 31.1 Å². The summed E-state index contributed by atoms with van der Waals surface area (Å²) in [6.07, 6.45) is 0.376. The van der Waals surface area contributed by atoms with Gasteiger partial charge in [0, 0.05) is 44.1 Å². The van der Waals surface area contributed by atoms with Gasteiger partial charge in [0.05, 0.1) is 17.7 Å². The van der Waals surface area contributed by atoms with Crippen LogP contribution >= 0.6 is 0 Å². The van der Waals surface area contributed by atoms with Gasteiger partial charge in [-0.15, -0.1) is 0 Å². The van der Waals surface area contributed by atoms with E-state index in [-0.39, 0.29) is 42.5 Å². The molecule has 2 aromatic rings. The summed E-state index contributed by atoms with van der Waals surface area (Å²) in [4.78, 5) is 52.3. The smallest absolute Gasteiger partial charge is 0.261 e. The summed E-state index contributed by atoms with van der Waals surface area (Å²) in [7, 11) is 0. The Bertz CT molecular complexity index is 1010. The first kappa shape index (κ1) is 21.5. The first-order chi connectivity index (χ1) is 15.5. The summed E-state index contributed by atoms with van der Waals surface area (Å²) in [5.41, 5.74) is 1.55. The predicted octanol–water partition coefficient (Wildman–Crippen LogP) is 2.24. The summed E-state index contributed by atoms with van der Waals surface area (Å²) in [6.45, 7) is 3.40. The standard InChI is InChI=1S/C24H25N3O5/c1-2-32-18-9-7-17(8-10-18)27-15-16(13-22(27)29)14-25-21(28)11-12-26-23(30)19-5-3-4-6-20(19)24(26)31/h3-10,16H,2,11-15H2,1H3,(H,25,28). The van der Waals surface area contributed by atoms with Crippen LogP contribution in [-0.2, 0) is 9.59 Å². The van der Waals surface area contributed by atoms with E-state index in [1.165, 1.54) is 0 Å². The Morgan fingerprint density at radius 1 is 1.03 bits per heavy atom. The number of carbonyl (C=O) groups excluding carboxylic acids is 4. The van der Waals surface area contributed by atoms with Crippen molar-refractivity contribution in [2.45, 2.75) is 19.8 Å². The minimum absolute atomic E-state index is 0.00248. The normalized spacial score (nSPS) is 17.7. The van der Waals surface area contributed by atoms with Gasteiger partial charge in [-0.05, 0) is 43.3 Å². The number of nitrogens with zero attached hydrogens (tertiary/aromatic N) is 2. The summed E-state index contributed by atoms with van der Waals surface area (Å²) in [5.74, 6) is -0.230. The van der Waals surface area contributed by atoms with Crippen molar-refractivity contribution in [2.24, 2.45) is 5.92 Å². The van der Waals surface area contributed by atoms with Gasteiger partial charge in [0.2, 0.25) is 11.8 Å². The maximum absolute atomic E-state index is 12.4. The van der Waals surface area contributed by atoms with Crippen LogP contribution in [0, 0.1) is 5.92 Å². The number of ether oxygens (including phenoxy) is 1. The molecule has 8 heteroatoms. The van der Waals surface area contributed by atoms with Crippen LogP contribution in [0.2, 0.25) is 0 Å². The number of rotatable bonds is 8. The summed E-state index contributed by atoms with van der Waals surface area (Å²) < 4.78 is 5.43. The third kappa shape index (κ3) is 4.34. The van der Waals surface area contributed by atoms with Crippen molar-refractivity contribution < 1.29 is 23.9 Å². The highest BCUT2D eigenvalue weighted by Gasteiger charge is 2.35. The van der Waals surface area contributed by atoms with Gasteiger partial charge in [-0.3, -0.25) is 24.1 Å². The summed E-state index contributed by atoms with van der Waals surface area (Å²) in [6, 6.07) is 14.0. The third-order valence-electron chi connectivity index (χ3n) is 5.69. The molecular formula is C24H25N3O5. The number of amides is 4. The quantitative estimate of drug-likeness (QED) is 0.642. The molecule has 0 bridgehead atoms. The number of benzene rings is 2. The molecule has 4 amide bonds. The summed E-state index contributed by atoms with van der Waals surface area (Å²) in [5, 5.41) is 2.83. The van der Waals surface area contributed by atoms with Crippen LogP contribution in [0.4, 0.5) is 5.69 Å². The molecule has 0 spiro atoms. The Hall–Kier alpha value is -3.68. The predicted molar refractivity (Wildman–Crippen MR) is 118 cm³/mol. The fourth-order valence-corrected chi connectivity index (χ4v) is 4.06. The van der Waals surface area contributed by atoms with Crippen LogP contribution in [-0.4, -0.2) is 54.8 Å². The summed E-state index contributed by atoms with van der Waals surface area (Å²) >= 11 is 0. The number of hydrogen-bond acceptors (Lipinski definition) is 5. The average Bonchev–Trinajstić information content (AvgIpc) is 3.29. The maximum Gasteiger partial charge on any atom is 0.261 e. The molecular weight excluding hydrogens is 410 g/mol. The van der Waals surface area contributed by atoms with E-state index in [2.05, 4.69) is 5.32 Å². The first-order valence-corrected chi connectivity index (χ1v) is 10.7. The average molecular weight is 435 g/mol. The van der Waals surface area contributed by atoms with Gasteiger partial charge in [0.25, 0.3) is 11.8 Å². The van der Waals surface area contributed by atoms with Gasteiger partial charge in [-0.25, -0.2) is 0 Å². The van der Waals surface area contributed by atoms with Crippen LogP contribution in [0.5, 0.6) is 5.75 Å². The van der Waals surface area contributed by atoms with Crippen LogP contribution < -0.4 is 15.0 Å². The number of nitrogens with one attached hydrogen (secondary N) is 1. The van der Waals surface area contributed by atoms with Crippen molar-refractivity contribution in [3.63, 3.8) is 0 Å². The Morgan fingerprint density at radius 2 is 1.69 bits per heavy atom. The molecule has 2 aromatic carbocycles. The number of carbonyl (C=O) groups is 4. The zero-order valence-electron chi connectivity index (χ0n) is 17.9. The highest BCUT2D eigenvalue weighted by atomic mass is 16.5. The molecule has 2 aliphatic heterocycles. The molecule has 0 saturated carbocycles. The zero-order valence-corrected chi connectivity index (χ0v) is 17.9. The molecule has 1 saturated heterocycles. The topological polar surface area (TPSA) is 96.0 Å². The number of fused-ring (bicyclic) bond motifs is 1. The molecule has 1 fully saturated rings. The van der Waals surface area contributed by atoms with Gasteiger partial charge < -0.3 is 15.0 Å². The van der Waals surface area contributed by atoms with E-state index in [1.807, 2.05) is 31.2 Å². The SMILES string of the molecule is CCOc1ccc(N2CC(CNC(=O)CCN3C(=O)c4ccccc4C3=O)CC2=O)cc1. The second kappa shape index (κ2) is 9.21. The second-order valence-electron chi connectivity index (χ2n) is 7.86. The van der Waals surface area contributed by atoms with E-state index >= 15 is 0 Å². The fourth-order valence-electron chi connectivity index (χ4n) is 4.06. The second-order valence-corrected chi connectivity index (χ2v) is 7.86. The van der Waals surface area contributed by atoms with Crippen LogP contribution in [0.15, 0.2) is 48.5 Å². The zero-order chi connectivity index (χ0) is 22.7. The molecule has 1 N–H and O–H groups in total. The van der Waals surface area contributed by atoms with Crippen molar-refractivity contribution in [1.29, 1.82) is 0 Å². The molecule has 0 aliphatic carbocycles. The Morgan fingerprint density at radius 3 is 2.31 bits per heavy atom. The maximum atomic E-state index is 12.4. The van der Waals surface area contributed by atoms with Crippen molar-refractivity contribution in [3.8, 4) is 5.75 Å². The van der Waals surface area contributed by atoms with Crippen LogP contribution in [0.25, 0.3) is 0 Å². The lowest BCUT2D eigenvalue weighted by Crippen LogP contribution is -2.36. The number of imide groups is 1. The van der Waals surface area contributed by atoms with Crippen molar-refractivity contribution in [1.82, 2.24) is 10.2 Å². The minimum Gasteiger partial charge on any atom is -0.494 e. The minimum atomic E-state index is -0.370. The van der Waals surface area contributed by atoms with Gasteiger partial charge in [-0.2, -0.15) is 0 Å². The van der Waals surface area contributed by atoms with E-state index in [9.17, 15) is 19.2 Å². The molecule has 0 aromatic heterocycles. The highest BCUT2D eigenvalue weighted by molar-refractivity contribution is 6.21. The Kier molecular flexibility index (Phi) is 6.20.